The van der Waals surface area contributed by atoms with Gasteiger partial charge in [-0.2, -0.15) is 0 Å². The van der Waals surface area contributed by atoms with Gasteiger partial charge in [0.05, 0.1) is 29.7 Å². The van der Waals surface area contributed by atoms with E-state index < -0.39 is 11.5 Å². The highest BCUT2D eigenvalue weighted by Gasteiger charge is 2.51. The monoisotopic (exact) mass is 411 g/mol. The van der Waals surface area contributed by atoms with E-state index in [1.807, 2.05) is 49.1 Å². The number of aryl methyl sites for hydroxylation is 2. The number of carbonyl (C=O) groups excluding carboxylic acids is 2. The molecule has 1 spiro atoms. The molecule has 2 amide bonds. The van der Waals surface area contributed by atoms with Crippen molar-refractivity contribution in [3.63, 3.8) is 0 Å². The zero-order valence-corrected chi connectivity index (χ0v) is 17.8. The summed E-state index contributed by atoms with van der Waals surface area (Å²) in [6, 6.07) is 9.35. The smallest absolute Gasteiger partial charge is 0.229 e. The number of likely N-dealkylation sites (N-methyl/N-ethyl adjacent to an activating group) is 1. The molecule has 1 N–H and O–H groups in total. The maximum atomic E-state index is 13.3. The second kappa shape index (κ2) is 7.87. The van der Waals surface area contributed by atoms with Crippen molar-refractivity contribution < 1.29 is 19.2 Å². The lowest BCUT2D eigenvalue weighted by Crippen LogP contribution is -2.58. The highest BCUT2D eigenvalue weighted by Crippen LogP contribution is 2.46. The third-order valence-electron chi connectivity index (χ3n) is 6.88. The van der Waals surface area contributed by atoms with Crippen LogP contribution in [0.15, 0.2) is 34.9 Å². The molecule has 2 aliphatic rings. The van der Waals surface area contributed by atoms with Gasteiger partial charge in [0, 0.05) is 25.7 Å². The third-order valence-corrected chi connectivity index (χ3v) is 6.88. The Hall–Kier alpha value is -2.67. The Morgan fingerprint density at radius 3 is 2.50 bits per heavy atom. The minimum atomic E-state index is -0.625. The highest BCUT2D eigenvalue weighted by molar-refractivity contribution is 5.85. The first-order chi connectivity index (χ1) is 14.3. The molecule has 3 heterocycles. The fourth-order valence-corrected chi connectivity index (χ4v) is 5.07. The topological polar surface area (TPSA) is 86.9 Å². The number of rotatable bonds is 3. The zero-order valence-electron chi connectivity index (χ0n) is 17.8. The first kappa shape index (κ1) is 20.6. The molecule has 7 nitrogen and oxygen atoms in total. The molecule has 2 fully saturated rings. The molecule has 1 aromatic carbocycles. The van der Waals surface area contributed by atoms with Gasteiger partial charge in [0.15, 0.2) is 0 Å². The maximum absolute atomic E-state index is 13.3. The molecule has 1 aromatic heterocycles. The van der Waals surface area contributed by atoms with E-state index in [2.05, 4.69) is 5.16 Å². The predicted molar refractivity (Wildman–Crippen MR) is 111 cm³/mol. The van der Waals surface area contributed by atoms with Gasteiger partial charge in [0.2, 0.25) is 11.8 Å². The summed E-state index contributed by atoms with van der Waals surface area (Å²) < 4.78 is 5.16. The van der Waals surface area contributed by atoms with Crippen LogP contribution in [0.4, 0.5) is 0 Å². The van der Waals surface area contributed by atoms with Crippen molar-refractivity contribution in [2.24, 2.45) is 5.41 Å². The van der Waals surface area contributed by atoms with E-state index in [-0.39, 0.29) is 24.3 Å². The first-order valence-electron chi connectivity index (χ1n) is 10.5. The van der Waals surface area contributed by atoms with Gasteiger partial charge in [-0.3, -0.25) is 9.59 Å². The number of amides is 2. The lowest BCUT2D eigenvalue weighted by atomic mass is 9.68. The molecule has 2 aromatic rings. The van der Waals surface area contributed by atoms with Crippen LogP contribution in [0.25, 0.3) is 0 Å². The van der Waals surface area contributed by atoms with Crippen LogP contribution in [0, 0.1) is 19.3 Å². The number of hydrogen-bond acceptors (Lipinski definition) is 5. The van der Waals surface area contributed by atoms with Gasteiger partial charge in [-0.25, -0.2) is 0 Å². The summed E-state index contributed by atoms with van der Waals surface area (Å²) in [6.45, 7) is 4.69. The first-order valence-corrected chi connectivity index (χ1v) is 10.5. The summed E-state index contributed by atoms with van der Waals surface area (Å²) in [5.74, 6) is 0.770. The van der Waals surface area contributed by atoms with E-state index in [9.17, 15) is 14.7 Å². The quantitative estimate of drug-likeness (QED) is 0.838. The molecule has 0 aliphatic carbocycles. The third kappa shape index (κ3) is 3.51. The second-order valence-electron chi connectivity index (χ2n) is 8.68. The van der Waals surface area contributed by atoms with Crippen LogP contribution >= 0.6 is 0 Å². The van der Waals surface area contributed by atoms with Crippen molar-refractivity contribution >= 4 is 11.8 Å². The number of piperidine rings is 2. The molecule has 0 radical (unpaired) electrons. The fourth-order valence-electron chi connectivity index (χ4n) is 5.07. The van der Waals surface area contributed by atoms with E-state index in [0.717, 1.165) is 16.8 Å². The van der Waals surface area contributed by atoms with E-state index in [0.29, 0.717) is 38.1 Å². The number of aliphatic hydroxyl groups excluding tert-OH is 1. The standard InChI is InChI=1S/C23H29N3O4/c1-15-18(16(2)30-24-15)13-20(28)26-11-9-23(10-12-26)14-19(27)21(25(3)22(23)29)17-7-5-4-6-8-17/h4-8,19,21,27H,9-14H2,1-3H3/t19-,21+/m1/s1. The zero-order chi connectivity index (χ0) is 21.5. The Morgan fingerprint density at radius 1 is 1.23 bits per heavy atom. The van der Waals surface area contributed by atoms with Crippen LogP contribution in [0.5, 0.6) is 0 Å². The molecule has 2 saturated heterocycles. The summed E-state index contributed by atoms with van der Waals surface area (Å²) in [6.07, 6.45) is 1.21. The van der Waals surface area contributed by atoms with Gasteiger partial charge < -0.3 is 19.4 Å². The molecular weight excluding hydrogens is 382 g/mol. The van der Waals surface area contributed by atoms with Crippen molar-refractivity contribution in [2.75, 3.05) is 20.1 Å². The highest BCUT2D eigenvalue weighted by atomic mass is 16.5. The number of hydrogen-bond donors (Lipinski definition) is 1. The Bertz CT molecular complexity index is 912. The van der Waals surface area contributed by atoms with Crippen molar-refractivity contribution in [1.29, 1.82) is 0 Å². The van der Waals surface area contributed by atoms with Gasteiger partial charge in [0.1, 0.15) is 5.76 Å². The molecule has 4 rings (SSSR count). The van der Waals surface area contributed by atoms with Crippen LogP contribution in [0.3, 0.4) is 0 Å². The van der Waals surface area contributed by atoms with Crippen molar-refractivity contribution in [1.82, 2.24) is 15.0 Å². The molecule has 0 bridgehead atoms. The Morgan fingerprint density at radius 2 is 1.90 bits per heavy atom. The minimum absolute atomic E-state index is 0.0265. The van der Waals surface area contributed by atoms with Crippen molar-refractivity contribution in [3.8, 4) is 0 Å². The molecular formula is C23H29N3O4. The number of carbonyl (C=O) groups is 2. The Kier molecular flexibility index (Phi) is 5.40. The van der Waals surface area contributed by atoms with Crippen LogP contribution in [-0.4, -0.2) is 58.1 Å². The SMILES string of the molecule is Cc1noc(C)c1CC(=O)N1CCC2(CC1)C[C@@H](O)[C@H](c1ccccc1)N(C)C2=O. The van der Waals surface area contributed by atoms with E-state index in [1.165, 1.54) is 0 Å². The summed E-state index contributed by atoms with van der Waals surface area (Å²) in [5.41, 5.74) is 1.94. The minimum Gasteiger partial charge on any atom is -0.391 e. The van der Waals surface area contributed by atoms with Crippen LogP contribution < -0.4 is 0 Å². The summed E-state index contributed by atoms with van der Waals surface area (Å²) >= 11 is 0. The second-order valence-corrected chi connectivity index (χ2v) is 8.68. The lowest BCUT2D eigenvalue weighted by molar-refractivity contribution is -0.163. The normalized spacial score (nSPS) is 23.8. The van der Waals surface area contributed by atoms with E-state index in [4.69, 9.17) is 4.52 Å². The van der Waals surface area contributed by atoms with Crippen LogP contribution in [0.1, 0.15) is 47.9 Å². The molecule has 2 aliphatic heterocycles. The molecule has 0 unspecified atom stereocenters. The number of aromatic nitrogens is 1. The molecule has 0 saturated carbocycles. The largest absolute Gasteiger partial charge is 0.391 e. The molecule has 2 atom stereocenters. The number of nitrogens with zero attached hydrogens (tertiary/aromatic N) is 3. The Balaban J connectivity index is 1.44. The summed E-state index contributed by atoms with van der Waals surface area (Å²) in [5, 5.41) is 14.9. The van der Waals surface area contributed by atoms with Crippen LogP contribution in [0.2, 0.25) is 0 Å². The van der Waals surface area contributed by atoms with Crippen molar-refractivity contribution in [3.05, 3.63) is 52.9 Å². The molecule has 7 heteroatoms. The van der Waals surface area contributed by atoms with Gasteiger partial charge in [-0.05, 0) is 38.7 Å². The van der Waals surface area contributed by atoms with Crippen LogP contribution in [-0.2, 0) is 16.0 Å². The predicted octanol–water partition coefficient (Wildman–Crippen LogP) is 2.41. The van der Waals surface area contributed by atoms with E-state index >= 15 is 0 Å². The Labute approximate surface area is 176 Å². The fraction of sp³-hybridized carbons (Fsp3) is 0.522. The van der Waals surface area contributed by atoms with E-state index in [1.54, 1.807) is 11.9 Å². The average Bonchev–Trinajstić information content (AvgIpc) is 3.05. The summed E-state index contributed by atoms with van der Waals surface area (Å²) in [4.78, 5) is 29.7. The van der Waals surface area contributed by atoms with Gasteiger partial charge in [-0.15, -0.1) is 0 Å². The number of benzene rings is 1. The molecule has 30 heavy (non-hydrogen) atoms. The van der Waals surface area contributed by atoms with Gasteiger partial charge in [-0.1, -0.05) is 35.5 Å². The maximum Gasteiger partial charge on any atom is 0.229 e. The van der Waals surface area contributed by atoms with Gasteiger partial charge >= 0.3 is 0 Å². The average molecular weight is 412 g/mol. The lowest BCUT2D eigenvalue weighted by Gasteiger charge is -2.50. The van der Waals surface area contributed by atoms with Gasteiger partial charge in [0.25, 0.3) is 0 Å². The number of aliphatic hydroxyl groups is 1. The molecule has 160 valence electrons. The summed E-state index contributed by atoms with van der Waals surface area (Å²) in [7, 11) is 1.78. The number of likely N-dealkylation sites (tertiary alicyclic amines) is 2. The van der Waals surface area contributed by atoms with Crippen molar-refractivity contribution in [2.45, 2.75) is 51.7 Å².